The molecule has 80 valence electrons. The fourth-order valence-corrected chi connectivity index (χ4v) is 2.38. The van der Waals surface area contributed by atoms with Crippen molar-refractivity contribution in [2.75, 3.05) is 13.1 Å². The van der Waals surface area contributed by atoms with Crippen LogP contribution in [0.3, 0.4) is 0 Å². The molecule has 1 heterocycles. The average Bonchev–Trinajstić information content (AvgIpc) is 2.91. The van der Waals surface area contributed by atoms with Gasteiger partial charge in [0.2, 0.25) is 5.91 Å². The SMILES string of the molecule is CC(CCN)C1CC(=O)N(C2CC2)C1. The molecule has 0 aromatic carbocycles. The van der Waals surface area contributed by atoms with Crippen LogP contribution in [0.25, 0.3) is 0 Å². The van der Waals surface area contributed by atoms with Crippen molar-refractivity contribution < 1.29 is 4.79 Å². The first kappa shape index (κ1) is 9.97. The summed E-state index contributed by atoms with van der Waals surface area (Å²) in [6, 6.07) is 0.595. The summed E-state index contributed by atoms with van der Waals surface area (Å²) in [7, 11) is 0. The summed E-state index contributed by atoms with van der Waals surface area (Å²) in [5.41, 5.74) is 5.54. The lowest BCUT2D eigenvalue weighted by Crippen LogP contribution is -2.28. The van der Waals surface area contributed by atoms with Gasteiger partial charge in [0.25, 0.3) is 0 Å². The Bertz CT molecular complexity index is 225. The van der Waals surface area contributed by atoms with Crippen molar-refractivity contribution in [2.24, 2.45) is 17.6 Å². The molecule has 1 saturated carbocycles. The highest BCUT2D eigenvalue weighted by atomic mass is 16.2. The van der Waals surface area contributed by atoms with Crippen LogP contribution in [0.2, 0.25) is 0 Å². The zero-order chi connectivity index (χ0) is 10.1. The van der Waals surface area contributed by atoms with E-state index in [0.29, 0.717) is 23.8 Å². The Labute approximate surface area is 85.6 Å². The van der Waals surface area contributed by atoms with Gasteiger partial charge in [-0.05, 0) is 37.6 Å². The van der Waals surface area contributed by atoms with E-state index in [1.807, 2.05) is 0 Å². The number of amides is 1. The van der Waals surface area contributed by atoms with Gasteiger partial charge in [-0.25, -0.2) is 0 Å². The van der Waals surface area contributed by atoms with Crippen molar-refractivity contribution in [3.05, 3.63) is 0 Å². The third-order valence-corrected chi connectivity index (χ3v) is 3.60. The van der Waals surface area contributed by atoms with Gasteiger partial charge in [0.15, 0.2) is 0 Å². The van der Waals surface area contributed by atoms with Gasteiger partial charge >= 0.3 is 0 Å². The molecule has 1 saturated heterocycles. The average molecular weight is 196 g/mol. The van der Waals surface area contributed by atoms with E-state index in [-0.39, 0.29) is 0 Å². The maximum absolute atomic E-state index is 11.7. The molecule has 3 heteroatoms. The van der Waals surface area contributed by atoms with Gasteiger partial charge < -0.3 is 10.6 Å². The van der Waals surface area contributed by atoms with E-state index in [4.69, 9.17) is 5.73 Å². The second kappa shape index (κ2) is 3.89. The molecular weight excluding hydrogens is 176 g/mol. The quantitative estimate of drug-likeness (QED) is 0.728. The summed E-state index contributed by atoms with van der Waals surface area (Å²) < 4.78 is 0. The first-order valence-electron chi connectivity index (χ1n) is 5.72. The number of nitrogens with two attached hydrogens (primary N) is 1. The third-order valence-electron chi connectivity index (χ3n) is 3.60. The summed E-state index contributed by atoms with van der Waals surface area (Å²) >= 11 is 0. The molecular formula is C11H20N2O. The van der Waals surface area contributed by atoms with Crippen molar-refractivity contribution in [3.8, 4) is 0 Å². The van der Waals surface area contributed by atoms with Gasteiger partial charge in [-0.3, -0.25) is 4.79 Å². The molecule has 1 aliphatic carbocycles. The molecule has 1 amide bonds. The Morgan fingerprint density at radius 2 is 2.29 bits per heavy atom. The number of carbonyl (C=O) groups excluding carboxylic acids is 1. The number of hydrogen-bond acceptors (Lipinski definition) is 2. The van der Waals surface area contributed by atoms with Gasteiger partial charge in [-0.15, -0.1) is 0 Å². The van der Waals surface area contributed by atoms with Gasteiger partial charge in [0.1, 0.15) is 0 Å². The van der Waals surface area contributed by atoms with Crippen LogP contribution in [0.1, 0.15) is 32.6 Å². The van der Waals surface area contributed by atoms with Gasteiger partial charge in [-0.2, -0.15) is 0 Å². The lowest BCUT2D eigenvalue weighted by Gasteiger charge is -2.19. The Morgan fingerprint density at radius 3 is 2.86 bits per heavy atom. The van der Waals surface area contributed by atoms with E-state index in [9.17, 15) is 4.79 Å². The monoisotopic (exact) mass is 196 g/mol. The van der Waals surface area contributed by atoms with E-state index in [2.05, 4.69) is 11.8 Å². The smallest absolute Gasteiger partial charge is 0.223 e. The van der Waals surface area contributed by atoms with Crippen LogP contribution in [-0.2, 0) is 4.79 Å². The summed E-state index contributed by atoms with van der Waals surface area (Å²) in [5, 5.41) is 0. The first-order valence-corrected chi connectivity index (χ1v) is 5.72. The topological polar surface area (TPSA) is 46.3 Å². The second-order valence-corrected chi connectivity index (χ2v) is 4.80. The first-order chi connectivity index (χ1) is 6.72. The standard InChI is InChI=1S/C11H20N2O/c1-8(4-5-12)9-6-11(14)13(7-9)10-2-3-10/h8-10H,2-7,12H2,1H3. The number of carbonyl (C=O) groups is 1. The second-order valence-electron chi connectivity index (χ2n) is 4.80. The van der Waals surface area contributed by atoms with E-state index in [0.717, 1.165) is 25.9 Å². The molecule has 0 aromatic heterocycles. The lowest BCUT2D eigenvalue weighted by atomic mass is 9.90. The highest BCUT2D eigenvalue weighted by molar-refractivity contribution is 5.79. The van der Waals surface area contributed by atoms with Crippen molar-refractivity contribution in [3.63, 3.8) is 0 Å². The number of rotatable bonds is 4. The van der Waals surface area contributed by atoms with Crippen LogP contribution >= 0.6 is 0 Å². The van der Waals surface area contributed by atoms with Gasteiger partial charge in [0.05, 0.1) is 0 Å². The summed E-state index contributed by atoms with van der Waals surface area (Å²) in [6.45, 7) is 3.96. The number of likely N-dealkylation sites (tertiary alicyclic amines) is 1. The fraction of sp³-hybridized carbons (Fsp3) is 0.909. The Morgan fingerprint density at radius 1 is 1.57 bits per heavy atom. The predicted octanol–water partition coefficient (Wildman–Crippen LogP) is 0.982. The van der Waals surface area contributed by atoms with E-state index >= 15 is 0 Å². The molecule has 1 aliphatic heterocycles. The number of nitrogens with zero attached hydrogens (tertiary/aromatic N) is 1. The molecule has 2 atom stereocenters. The number of hydrogen-bond donors (Lipinski definition) is 1. The Kier molecular flexibility index (Phi) is 2.77. The summed E-state index contributed by atoms with van der Waals surface area (Å²) in [4.78, 5) is 13.8. The Balaban J connectivity index is 1.88. The van der Waals surface area contributed by atoms with Gasteiger partial charge in [-0.1, -0.05) is 6.92 Å². The minimum Gasteiger partial charge on any atom is -0.339 e. The molecule has 2 fully saturated rings. The zero-order valence-electron chi connectivity index (χ0n) is 8.91. The Hall–Kier alpha value is -0.570. The van der Waals surface area contributed by atoms with Gasteiger partial charge in [0, 0.05) is 19.0 Å². The van der Waals surface area contributed by atoms with E-state index in [1.165, 1.54) is 12.8 Å². The largest absolute Gasteiger partial charge is 0.339 e. The zero-order valence-corrected chi connectivity index (χ0v) is 8.91. The van der Waals surface area contributed by atoms with Crippen LogP contribution in [-0.4, -0.2) is 29.9 Å². The van der Waals surface area contributed by atoms with Crippen LogP contribution in [0, 0.1) is 11.8 Å². The molecule has 2 N–H and O–H groups in total. The minimum absolute atomic E-state index is 0.376. The van der Waals surface area contributed by atoms with E-state index in [1.54, 1.807) is 0 Å². The van der Waals surface area contributed by atoms with Crippen molar-refractivity contribution in [2.45, 2.75) is 38.6 Å². The molecule has 3 nitrogen and oxygen atoms in total. The highest BCUT2D eigenvalue weighted by Crippen LogP contribution is 2.35. The maximum Gasteiger partial charge on any atom is 0.223 e. The van der Waals surface area contributed by atoms with Crippen LogP contribution in [0.4, 0.5) is 0 Å². The highest BCUT2D eigenvalue weighted by Gasteiger charge is 2.40. The lowest BCUT2D eigenvalue weighted by molar-refractivity contribution is -0.128. The molecule has 0 radical (unpaired) electrons. The van der Waals surface area contributed by atoms with Crippen LogP contribution < -0.4 is 5.73 Å². The van der Waals surface area contributed by atoms with Crippen LogP contribution in [0.15, 0.2) is 0 Å². The van der Waals surface area contributed by atoms with Crippen LogP contribution in [0.5, 0.6) is 0 Å². The molecule has 0 spiro atoms. The van der Waals surface area contributed by atoms with Crippen molar-refractivity contribution in [1.82, 2.24) is 4.90 Å². The fourth-order valence-electron chi connectivity index (χ4n) is 2.38. The minimum atomic E-state index is 0.376. The van der Waals surface area contributed by atoms with Crippen molar-refractivity contribution in [1.29, 1.82) is 0 Å². The molecule has 14 heavy (non-hydrogen) atoms. The maximum atomic E-state index is 11.7. The predicted molar refractivity (Wildman–Crippen MR) is 55.7 cm³/mol. The molecule has 2 aliphatic rings. The normalized spacial score (nSPS) is 29.7. The molecule has 2 unspecified atom stereocenters. The summed E-state index contributed by atoms with van der Waals surface area (Å²) in [6.07, 6.45) is 4.27. The van der Waals surface area contributed by atoms with Crippen molar-refractivity contribution >= 4 is 5.91 Å². The third kappa shape index (κ3) is 1.92. The molecule has 0 bridgehead atoms. The van der Waals surface area contributed by atoms with E-state index < -0.39 is 0 Å². The summed E-state index contributed by atoms with van der Waals surface area (Å²) in [5.74, 6) is 1.54. The molecule has 0 aromatic rings. The molecule has 2 rings (SSSR count).